The maximum absolute atomic E-state index is 5.94. The molecule has 0 aromatic heterocycles. The molecule has 2 aliphatic heterocycles. The van der Waals surface area contributed by atoms with Crippen molar-refractivity contribution in [1.29, 1.82) is 0 Å². The van der Waals surface area contributed by atoms with E-state index in [1.807, 2.05) is 18.8 Å². The van der Waals surface area contributed by atoms with Crippen LogP contribution in [0.15, 0.2) is 40.2 Å². The molecule has 0 bridgehead atoms. The van der Waals surface area contributed by atoms with E-state index < -0.39 is 0 Å². The van der Waals surface area contributed by atoms with Crippen LogP contribution in [0.25, 0.3) is 0 Å². The Balaban J connectivity index is 1.48. The molecule has 1 aromatic rings. The quantitative estimate of drug-likeness (QED) is 0.495. The Morgan fingerprint density at radius 1 is 1.28 bits per heavy atom. The van der Waals surface area contributed by atoms with Crippen molar-refractivity contribution in [2.75, 3.05) is 39.9 Å². The average Bonchev–Trinajstić information content (AvgIpc) is 3.18. The Bertz CT molecular complexity index is 549. The number of hydrogen-bond acceptors (Lipinski definition) is 4. The lowest BCUT2D eigenvalue weighted by Gasteiger charge is -2.37. The number of nitrogens with one attached hydrogen (secondary N) is 1. The van der Waals surface area contributed by atoms with E-state index in [0.29, 0.717) is 5.25 Å². The number of hydrogen-bond donors (Lipinski definition) is 1. The number of guanidine groups is 1. The molecular weight excluding hydrogens is 334 g/mol. The number of morpholine rings is 1. The lowest BCUT2D eigenvalue weighted by Crippen LogP contribution is -2.53. The lowest BCUT2D eigenvalue weighted by molar-refractivity contribution is -0.0816. The van der Waals surface area contributed by atoms with E-state index in [1.54, 1.807) is 0 Å². The second-order valence-electron chi connectivity index (χ2n) is 6.58. The summed E-state index contributed by atoms with van der Waals surface area (Å²) in [7, 11) is 1.86. The van der Waals surface area contributed by atoms with E-state index in [-0.39, 0.29) is 12.2 Å². The van der Waals surface area contributed by atoms with Crippen molar-refractivity contribution in [3.05, 3.63) is 30.3 Å². The van der Waals surface area contributed by atoms with Crippen LogP contribution < -0.4 is 5.32 Å². The average molecular weight is 364 g/mol. The van der Waals surface area contributed by atoms with Gasteiger partial charge in [-0.25, -0.2) is 0 Å². The van der Waals surface area contributed by atoms with E-state index in [4.69, 9.17) is 9.47 Å². The molecule has 3 unspecified atom stereocenters. The summed E-state index contributed by atoms with van der Waals surface area (Å²) in [6, 6.07) is 10.5. The summed E-state index contributed by atoms with van der Waals surface area (Å²) in [6.07, 6.45) is 2.65. The molecule has 2 heterocycles. The monoisotopic (exact) mass is 363 g/mol. The van der Waals surface area contributed by atoms with Gasteiger partial charge in [0.25, 0.3) is 0 Å². The molecule has 2 saturated heterocycles. The first-order valence-corrected chi connectivity index (χ1v) is 10.0. The molecule has 25 heavy (non-hydrogen) atoms. The van der Waals surface area contributed by atoms with Crippen LogP contribution in [0.5, 0.6) is 0 Å². The highest BCUT2D eigenvalue weighted by atomic mass is 32.2. The third kappa shape index (κ3) is 5.36. The van der Waals surface area contributed by atoms with Gasteiger partial charge in [0.2, 0.25) is 0 Å². The highest BCUT2D eigenvalue weighted by Gasteiger charge is 2.32. The number of thioether (sulfide) groups is 1. The highest BCUT2D eigenvalue weighted by Crippen LogP contribution is 2.23. The fourth-order valence-electron chi connectivity index (χ4n) is 3.33. The molecule has 1 N–H and O–H groups in total. The molecule has 0 radical (unpaired) electrons. The maximum Gasteiger partial charge on any atom is 0.193 e. The summed E-state index contributed by atoms with van der Waals surface area (Å²) < 4.78 is 11.7. The zero-order chi connectivity index (χ0) is 17.5. The van der Waals surface area contributed by atoms with Crippen molar-refractivity contribution in [3.8, 4) is 0 Å². The minimum atomic E-state index is 0.158. The fourth-order valence-corrected chi connectivity index (χ4v) is 4.27. The third-order valence-corrected chi connectivity index (χ3v) is 5.73. The van der Waals surface area contributed by atoms with Gasteiger partial charge >= 0.3 is 0 Å². The molecule has 0 spiro atoms. The van der Waals surface area contributed by atoms with Gasteiger partial charge in [0.15, 0.2) is 5.96 Å². The SMILES string of the molecule is CN=C(NCC(C)Sc1ccccc1)N1CCOC(C2CCCO2)C1. The van der Waals surface area contributed by atoms with Crippen LogP contribution in [0.3, 0.4) is 0 Å². The van der Waals surface area contributed by atoms with Crippen LogP contribution in [-0.4, -0.2) is 68.2 Å². The Hall–Kier alpha value is -1.24. The molecule has 3 atom stereocenters. The molecule has 1 aromatic carbocycles. The molecule has 0 amide bonds. The van der Waals surface area contributed by atoms with Crippen LogP contribution in [0.4, 0.5) is 0 Å². The summed E-state index contributed by atoms with van der Waals surface area (Å²) in [6.45, 7) is 6.46. The summed E-state index contributed by atoms with van der Waals surface area (Å²) in [5.74, 6) is 0.965. The molecule has 3 rings (SSSR count). The van der Waals surface area contributed by atoms with E-state index in [2.05, 4.69) is 52.5 Å². The van der Waals surface area contributed by atoms with Crippen molar-refractivity contribution in [2.24, 2.45) is 4.99 Å². The topological polar surface area (TPSA) is 46.1 Å². The first kappa shape index (κ1) is 18.5. The maximum atomic E-state index is 5.94. The minimum absolute atomic E-state index is 0.158. The van der Waals surface area contributed by atoms with Crippen molar-refractivity contribution < 1.29 is 9.47 Å². The summed E-state index contributed by atoms with van der Waals surface area (Å²) in [5, 5.41) is 4.00. The molecular formula is C19H29N3O2S. The Morgan fingerprint density at radius 3 is 2.80 bits per heavy atom. The van der Waals surface area contributed by atoms with Gasteiger partial charge < -0.3 is 19.7 Å². The van der Waals surface area contributed by atoms with E-state index >= 15 is 0 Å². The highest BCUT2D eigenvalue weighted by molar-refractivity contribution is 8.00. The number of nitrogens with zero attached hydrogens (tertiary/aromatic N) is 2. The van der Waals surface area contributed by atoms with E-state index in [1.165, 1.54) is 4.90 Å². The number of benzene rings is 1. The zero-order valence-corrected chi connectivity index (χ0v) is 16.0. The van der Waals surface area contributed by atoms with Crippen molar-refractivity contribution in [1.82, 2.24) is 10.2 Å². The third-order valence-electron chi connectivity index (χ3n) is 4.61. The minimum Gasteiger partial charge on any atom is -0.375 e. The largest absolute Gasteiger partial charge is 0.375 e. The van der Waals surface area contributed by atoms with Gasteiger partial charge in [0, 0.05) is 43.4 Å². The predicted molar refractivity (Wildman–Crippen MR) is 103 cm³/mol. The summed E-state index contributed by atoms with van der Waals surface area (Å²) >= 11 is 1.88. The first-order valence-electron chi connectivity index (χ1n) is 9.17. The number of aliphatic imine (C=N–C) groups is 1. The van der Waals surface area contributed by atoms with Crippen LogP contribution >= 0.6 is 11.8 Å². The van der Waals surface area contributed by atoms with Crippen LogP contribution in [0.2, 0.25) is 0 Å². The smallest absolute Gasteiger partial charge is 0.193 e. The van der Waals surface area contributed by atoms with Crippen LogP contribution in [0.1, 0.15) is 19.8 Å². The molecule has 0 aliphatic carbocycles. The molecule has 138 valence electrons. The van der Waals surface area contributed by atoms with Gasteiger partial charge in [-0.2, -0.15) is 0 Å². The molecule has 6 heteroatoms. The lowest BCUT2D eigenvalue weighted by atomic mass is 10.1. The van der Waals surface area contributed by atoms with E-state index in [9.17, 15) is 0 Å². The molecule has 2 aliphatic rings. The normalized spacial score (nSPS) is 25.8. The van der Waals surface area contributed by atoms with Gasteiger partial charge in [-0.1, -0.05) is 25.1 Å². The van der Waals surface area contributed by atoms with Crippen molar-refractivity contribution >= 4 is 17.7 Å². The number of rotatable bonds is 5. The van der Waals surface area contributed by atoms with Gasteiger partial charge in [-0.05, 0) is 25.0 Å². The van der Waals surface area contributed by atoms with Gasteiger partial charge in [0.05, 0.1) is 12.7 Å². The van der Waals surface area contributed by atoms with Crippen LogP contribution in [0, 0.1) is 0 Å². The Kier molecular flexibility index (Phi) is 7.02. The standard InChI is InChI=1S/C19H29N3O2S/c1-15(25-16-7-4-3-5-8-16)13-21-19(20-2)22-10-12-24-18(14-22)17-9-6-11-23-17/h3-5,7-8,15,17-18H,6,9-14H2,1-2H3,(H,20,21). The Labute approximate surface area is 155 Å². The summed E-state index contributed by atoms with van der Waals surface area (Å²) in [5.41, 5.74) is 0. The fraction of sp³-hybridized carbons (Fsp3) is 0.632. The number of ether oxygens (including phenoxy) is 2. The van der Waals surface area contributed by atoms with E-state index in [0.717, 1.165) is 51.6 Å². The van der Waals surface area contributed by atoms with Gasteiger partial charge in [0.1, 0.15) is 6.10 Å². The van der Waals surface area contributed by atoms with Gasteiger partial charge in [-0.3, -0.25) is 4.99 Å². The first-order chi connectivity index (χ1) is 12.3. The van der Waals surface area contributed by atoms with Crippen molar-refractivity contribution in [2.45, 2.75) is 42.1 Å². The second-order valence-corrected chi connectivity index (χ2v) is 8.09. The van der Waals surface area contributed by atoms with Gasteiger partial charge in [-0.15, -0.1) is 11.8 Å². The molecule has 5 nitrogen and oxygen atoms in total. The Morgan fingerprint density at radius 2 is 2.08 bits per heavy atom. The summed E-state index contributed by atoms with van der Waals surface area (Å²) in [4.78, 5) is 8.08. The predicted octanol–water partition coefficient (Wildman–Crippen LogP) is 2.62. The van der Waals surface area contributed by atoms with Crippen LogP contribution in [-0.2, 0) is 9.47 Å². The molecule has 2 fully saturated rings. The molecule has 0 saturated carbocycles. The zero-order valence-electron chi connectivity index (χ0n) is 15.2. The second kappa shape index (κ2) is 9.46. The van der Waals surface area contributed by atoms with Crippen molar-refractivity contribution in [3.63, 3.8) is 0 Å².